The van der Waals surface area contributed by atoms with Crippen molar-refractivity contribution in [3.8, 4) is 5.75 Å². The number of benzene rings is 1. The summed E-state index contributed by atoms with van der Waals surface area (Å²) in [4.78, 5) is 0. The van der Waals surface area contributed by atoms with Crippen LogP contribution in [0.4, 0.5) is 0 Å². The quantitative estimate of drug-likeness (QED) is 0.213. The van der Waals surface area contributed by atoms with Gasteiger partial charge >= 0.3 is 163 Å². The average molecular weight is 478 g/mol. The monoisotopic (exact) mass is 477 g/mol. The molecular weight excluding hydrogens is 444 g/mol. The topological polar surface area (TPSA) is 12.8 Å². The number of ether oxygens (including phenoxy) is 1. The van der Waals surface area contributed by atoms with E-state index in [9.17, 15) is 0 Å². The number of rotatable bonds is 10. The Balaban J connectivity index is 3.26. The van der Waals surface area contributed by atoms with Crippen LogP contribution in [0.25, 0.3) is 0 Å². The molecule has 0 aliphatic heterocycles. The van der Waals surface area contributed by atoms with Gasteiger partial charge in [0.1, 0.15) is 0 Å². The number of unbranched alkanes of at least 4 members (excludes halogenated alkanes) is 2. The zero-order valence-corrected chi connectivity index (χ0v) is 19.9. The third-order valence-corrected chi connectivity index (χ3v) is 12.2. The van der Waals surface area contributed by atoms with E-state index in [0.717, 1.165) is 11.3 Å². The average Bonchev–Trinajstić information content (AvgIpc) is 2.53. The van der Waals surface area contributed by atoms with Crippen molar-refractivity contribution >= 4 is 37.3 Å². The van der Waals surface area contributed by atoms with Crippen LogP contribution in [0.1, 0.15) is 59.4 Å². The summed E-state index contributed by atoms with van der Waals surface area (Å²) < 4.78 is 6.87. The third-order valence-electron chi connectivity index (χ3n) is 4.84. The molecule has 0 fully saturated rings. The van der Waals surface area contributed by atoms with E-state index in [1.54, 1.807) is 5.19 Å². The van der Waals surface area contributed by atoms with E-state index in [2.05, 4.69) is 52.8 Å². The molecule has 0 radical (unpaired) electrons. The van der Waals surface area contributed by atoms with Crippen LogP contribution in [0.15, 0.2) is 18.2 Å². The van der Waals surface area contributed by atoms with Gasteiger partial charge < -0.3 is 0 Å². The summed E-state index contributed by atoms with van der Waals surface area (Å²) in [5, 5.41) is 1.56. The second-order valence-electron chi connectivity index (χ2n) is 6.75. The van der Waals surface area contributed by atoms with Crippen LogP contribution in [0.3, 0.4) is 0 Å². The van der Waals surface area contributed by atoms with Gasteiger partial charge in [-0.15, -0.1) is 0 Å². The number of aliphatic hydroxyl groups is 1. The number of halogens is 2. The van der Waals surface area contributed by atoms with Crippen LogP contribution in [0.5, 0.6) is 5.75 Å². The molecule has 1 aromatic rings. The molecule has 0 saturated carbocycles. The Labute approximate surface area is 162 Å². The first-order valence-electron chi connectivity index (χ1n) is 9.07. The molecule has 24 heavy (non-hydrogen) atoms. The number of hydrogen-bond acceptors (Lipinski definition) is 0. The standard InChI is InChI=1S/C19H32OSi.2ClH.Ru/c1-7-10-11-14-21(8-2,9-3)18-13-12-17(6)19(15-18)20-16(4)5;;;/h6,12-13,15-16H,7-11,14H2,1-5H3;2*1H;/q;;;+2/p-1. The van der Waals surface area contributed by atoms with E-state index >= 15 is 0 Å². The molecule has 0 spiro atoms. The van der Waals surface area contributed by atoms with Crippen LogP contribution in [0.2, 0.25) is 18.1 Å². The molecule has 0 aliphatic carbocycles. The van der Waals surface area contributed by atoms with Crippen molar-refractivity contribution in [2.75, 3.05) is 0 Å². The maximum atomic E-state index is 6.11. The van der Waals surface area contributed by atoms with E-state index in [0.29, 0.717) is 0 Å². The molecule has 0 saturated heterocycles. The van der Waals surface area contributed by atoms with Gasteiger partial charge in [0.05, 0.1) is 0 Å². The van der Waals surface area contributed by atoms with Crippen LogP contribution in [-0.2, 0) is 13.5 Å². The molecule has 1 aromatic carbocycles. The molecule has 0 aliphatic rings. The third kappa shape index (κ3) is 6.56. The Bertz CT molecular complexity index is 538. The number of hydrogen-bond donors (Lipinski definition) is 0. The summed E-state index contributed by atoms with van der Waals surface area (Å²) in [6, 6.07) is 10.9. The predicted molar refractivity (Wildman–Crippen MR) is 111 cm³/mol. The van der Waals surface area contributed by atoms with Crippen molar-refractivity contribution in [2.24, 2.45) is 0 Å². The van der Waals surface area contributed by atoms with Crippen molar-refractivity contribution in [1.29, 1.82) is 0 Å². The molecule has 1 nitrogen and oxygen atoms in total. The van der Waals surface area contributed by atoms with Gasteiger partial charge in [-0.25, -0.2) is 0 Å². The molecular formula is C19H33Cl2ORuSi+. The molecule has 5 heteroatoms. The van der Waals surface area contributed by atoms with Gasteiger partial charge in [-0.2, -0.15) is 0 Å². The van der Waals surface area contributed by atoms with Gasteiger partial charge in [0.15, 0.2) is 0 Å². The first-order valence-corrected chi connectivity index (χ1v) is 17.2. The Morgan fingerprint density at radius 2 is 1.79 bits per heavy atom. The van der Waals surface area contributed by atoms with Gasteiger partial charge in [-0.3, -0.25) is 0 Å². The second-order valence-corrected chi connectivity index (χ2v) is 17.5. The summed E-state index contributed by atoms with van der Waals surface area (Å²) in [5.41, 5.74) is 1.11. The fourth-order valence-electron chi connectivity index (χ4n) is 3.30. The fraction of sp³-hybridized carbons (Fsp3) is 0.632. The molecule has 0 unspecified atom stereocenters. The summed E-state index contributed by atoms with van der Waals surface area (Å²) in [6.45, 7) is 11.3. The second kappa shape index (κ2) is 11.1. The normalized spacial score (nSPS) is 12.4. The summed E-state index contributed by atoms with van der Waals surface area (Å²) in [5.74, 6) is 1.08. The van der Waals surface area contributed by atoms with E-state index in [1.807, 2.05) is 4.61 Å². The molecule has 0 atom stereocenters. The van der Waals surface area contributed by atoms with E-state index < -0.39 is 21.6 Å². The molecule has 140 valence electrons. The van der Waals surface area contributed by atoms with Gasteiger partial charge in [-0.1, -0.05) is 0 Å². The SMILES string of the molecule is CCCCC[Si](CC)(CC)c1ccc([CH]=[Ru]([Cl])[Cl])c([OH+]C(C)C)c1. The first-order chi connectivity index (χ1) is 11.4. The van der Waals surface area contributed by atoms with Crippen molar-refractivity contribution in [2.45, 2.75) is 78.1 Å². The Morgan fingerprint density at radius 3 is 2.29 bits per heavy atom. The summed E-state index contributed by atoms with van der Waals surface area (Å²) in [7, 11) is 10.8. The van der Waals surface area contributed by atoms with Gasteiger partial charge in [-0.05, 0) is 0 Å². The van der Waals surface area contributed by atoms with Crippen molar-refractivity contribution in [1.82, 2.24) is 0 Å². The summed E-state index contributed by atoms with van der Waals surface area (Å²) in [6.07, 6.45) is 4.26. The van der Waals surface area contributed by atoms with Crippen LogP contribution in [-0.4, -0.2) is 23.5 Å². The Kier molecular flexibility index (Phi) is 10.4. The van der Waals surface area contributed by atoms with Crippen LogP contribution in [0, 0.1) is 0 Å². The fourth-order valence-corrected chi connectivity index (χ4v) is 9.24. The van der Waals surface area contributed by atoms with Gasteiger partial charge in [0.2, 0.25) is 0 Å². The minimum atomic E-state index is -1.84. The van der Waals surface area contributed by atoms with Crippen molar-refractivity contribution in [3.05, 3.63) is 23.8 Å². The Hall–Kier alpha value is 0.310. The number of aromatic hydroxyl groups is 1. The van der Waals surface area contributed by atoms with Crippen molar-refractivity contribution in [3.63, 3.8) is 0 Å². The summed E-state index contributed by atoms with van der Waals surface area (Å²) >= 11 is -1.84. The minimum absolute atomic E-state index is 0.276. The Morgan fingerprint density at radius 1 is 1.12 bits per heavy atom. The molecule has 0 amide bonds. The van der Waals surface area contributed by atoms with Crippen LogP contribution >= 0.6 is 19.4 Å². The molecule has 0 bridgehead atoms. The first kappa shape index (κ1) is 22.4. The molecule has 0 heterocycles. The maximum absolute atomic E-state index is 6.11. The van der Waals surface area contributed by atoms with Gasteiger partial charge in [0.25, 0.3) is 0 Å². The van der Waals surface area contributed by atoms with E-state index in [1.165, 1.54) is 37.4 Å². The molecule has 0 aromatic heterocycles. The molecule has 1 rings (SSSR count). The van der Waals surface area contributed by atoms with E-state index in [-0.39, 0.29) is 6.10 Å². The molecule has 1 N–H and O–H groups in total. The zero-order valence-electron chi connectivity index (χ0n) is 15.7. The zero-order chi connectivity index (χ0) is 18.2. The van der Waals surface area contributed by atoms with Crippen molar-refractivity contribution < 1.29 is 18.3 Å². The van der Waals surface area contributed by atoms with Gasteiger partial charge in [0, 0.05) is 0 Å². The van der Waals surface area contributed by atoms with E-state index in [4.69, 9.17) is 24.1 Å². The predicted octanol–water partition coefficient (Wildman–Crippen LogP) is 6.30. The van der Waals surface area contributed by atoms with Crippen LogP contribution < -0.4 is 5.19 Å².